The van der Waals surface area contributed by atoms with E-state index in [0.717, 1.165) is 0 Å². The summed E-state index contributed by atoms with van der Waals surface area (Å²) in [5.41, 5.74) is 0. The van der Waals surface area contributed by atoms with Gasteiger partial charge in [0, 0.05) is 5.75 Å². The molecule has 8 heteroatoms. The van der Waals surface area contributed by atoms with Gasteiger partial charge in [-0.3, -0.25) is 14.4 Å². The quantitative estimate of drug-likeness (QED) is 0.229. The zero-order valence-corrected chi connectivity index (χ0v) is 13.9. The van der Waals surface area contributed by atoms with Gasteiger partial charge in [0.15, 0.2) is 0 Å². The largest absolute Gasteiger partial charge is 0.463 e. The van der Waals surface area contributed by atoms with Crippen molar-refractivity contribution in [2.45, 2.75) is 20.3 Å². The maximum absolute atomic E-state index is 11.3. The second kappa shape index (κ2) is 13.5. The predicted molar refractivity (Wildman–Crippen MR) is 81.9 cm³/mol. The van der Waals surface area contributed by atoms with Gasteiger partial charge in [0.05, 0.1) is 32.8 Å². The number of rotatable bonds is 13. The molecule has 0 rings (SSSR count). The van der Waals surface area contributed by atoms with Crippen LogP contribution in [0.5, 0.6) is 0 Å². The molecule has 0 N–H and O–H groups in total. The van der Waals surface area contributed by atoms with Gasteiger partial charge >= 0.3 is 11.9 Å². The molecule has 0 aliphatic carbocycles. The summed E-state index contributed by atoms with van der Waals surface area (Å²) in [6.45, 7) is 4.36. The average molecular weight is 336 g/mol. The number of thiol groups is 1. The summed E-state index contributed by atoms with van der Waals surface area (Å²) in [4.78, 5) is 33.2. The summed E-state index contributed by atoms with van der Waals surface area (Å²) < 4.78 is 20.1. The van der Waals surface area contributed by atoms with Crippen molar-refractivity contribution in [3.8, 4) is 0 Å². The van der Waals surface area contributed by atoms with Crippen LogP contribution >= 0.6 is 12.6 Å². The topological polar surface area (TPSA) is 88.1 Å². The molecule has 0 heterocycles. The fourth-order valence-electron chi connectivity index (χ4n) is 1.19. The molecule has 0 spiro atoms. The molecule has 0 aliphatic rings. The molecule has 7 nitrogen and oxygen atoms in total. The second-order valence-corrected chi connectivity index (χ2v) is 4.87. The van der Waals surface area contributed by atoms with Crippen molar-refractivity contribution < 1.29 is 33.3 Å². The van der Waals surface area contributed by atoms with Gasteiger partial charge < -0.3 is 18.9 Å². The highest BCUT2D eigenvalue weighted by Gasteiger charge is 2.18. The maximum Gasteiger partial charge on any atom is 0.316 e. The molecule has 0 saturated carbocycles. The summed E-state index contributed by atoms with van der Waals surface area (Å²) >= 11 is 3.92. The molecule has 0 aliphatic heterocycles. The van der Waals surface area contributed by atoms with Crippen LogP contribution < -0.4 is 0 Å². The second-order valence-electron chi connectivity index (χ2n) is 4.42. The molecule has 0 aromatic carbocycles. The number of Topliss-reactive ketones (excluding diaryl/α,β-unsaturated/α-hetero) is 1. The lowest BCUT2D eigenvalue weighted by atomic mass is 10.1. The minimum absolute atomic E-state index is 0.0950. The number of ketones is 1. The van der Waals surface area contributed by atoms with Gasteiger partial charge in [-0.05, 0) is 13.8 Å². The van der Waals surface area contributed by atoms with E-state index in [9.17, 15) is 14.4 Å². The number of carbonyl (C=O) groups excluding carboxylic acids is 3. The summed E-state index contributed by atoms with van der Waals surface area (Å²) in [6.07, 6.45) is 0.285. The lowest BCUT2D eigenvalue weighted by Gasteiger charge is -2.09. The fourth-order valence-corrected chi connectivity index (χ4v) is 1.37. The van der Waals surface area contributed by atoms with Crippen LogP contribution in [0.1, 0.15) is 20.3 Å². The van der Waals surface area contributed by atoms with Gasteiger partial charge in [-0.25, -0.2) is 0 Å². The van der Waals surface area contributed by atoms with Crippen molar-refractivity contribution in [2.24, 2.45) is 5.92 Å². The summed E-state index contributed by atoms with van der Waals surface area (Å²) in [5, 5.41) is 0. The first-order valence-electron chi connectivity index (χ1n) is 7.08. The molecule has 0 amide bonds. The Hall–Kier alpha value is -1.12. The van der Waals surface area contributed by atoms with Crippen molar-refractivity contribution in [2.75, 3.05) is 45.4 Å². The van der Waals surface area contributed by atoms with E-state index in [0.29, 0.717) is 25.6 Å². The van der Waals surface area contributed by atoms with Crippen molar-refractivity contribution >= 4 is 30.4 Å². The van der Waals surface area contributed by atoms with Crippen LogP contribution in [0, 0.1) is 5.92 Å². The third-order valence-corrected chi connectivity index (χ3v) is 2.84. The first-order valence-corrected chi connectivity index (χ1v) is 7.71. The SMILES string of the molecule is CC(=O)C(C)C(=O)OCCOCCOCCOC(=O)CCS. The predicted octanol–water partition coefficient (Wildman–Crippen LogP) is 0.651. The highest BCUT2D eigenvalue weighted by Crippen LogP contribution is 1.99. The smallest absolute Gasteiger partial charge is 0.316 e. The van der Waals surface area contributed by atoms with Crippen LogP contribution in [0.2, 0.25) is 0 Å². The van der Waals surface area contributed by atoms with E-state index in [-0.39, 0.29) is 38.0 Å². The van der Waals surface area contributed by atoms with Gasteiger partial charge in [-0.1, -0.05) is 0 Å². The van der Waals surface area contributed by atoms with E-state index >= 15 is 0 Å². The normalized spacial score (nSPS) is 11.8. The molecule has 1 unspecified atom stereocenters. The Bertz CT molecular complexity index is 346. The first-order chi connectivity index (χ1) is 10.5. The van der Waals surface area contributed by atoms with E-state index in [1.807, 2.05) is 0 Å². The zero-order valence-electron chi connectivity index (χ0n) is 13.0. The van der Waals surface area contributed by atoms with Crippen LogP contribution in [0.15, 0.2) is 0 Å². The zero-order chi connectivity index (χ0) is 16.8. The molecule has 0 radical (unpaired) electrons. The van der Waals surface area contributed by atoms with E-state index < -0.39 is 11.9 Å². The molecule has 0 aromatic rings. The molecule has 0 aromatic heterocycles. The Kier molecular flexibility index (Phi) is 12.8. The van der Waals surface area contributed by atoms with E-state index in [1.165, 1.54) is 13.8 Å². The number of hydrogen-bond acceptors (Lipinski definition) is 8. The highest BCUT2D eigenvalue weighted by atomic mass is 32.1. The minimum Gasteiger partial charge on any atom is -0.463 e. The maximum atomic E-state index is 11.3. The fraction of sp³-hybridized carbons (Fsp3) is 0.786. The van der Waals surface area contributed by atoms with Gasteiger partial charge in [-0.15, -0.1) is 0 Å². The summed E-state index contributed by atoms with van der Waals surface area (Å²) in [6, 6.07) is 0. The van der Waals surface area contributed by atoms with Crippen molar-refractivity contribution in [1.29, 1.82) is 0 Å². The lowest BCUT2D eigenvalue weighted by Crippen LogP contribution is -2.23. The first kappa shape index (κ1) is 20.9. The number of esters is 2. The molecular formula is C14H24O7S. The van der Waals surface area contributed by atoms with Crippen molar-refractivity contribution in [3.05, 3.63) is 0 Å². The van der Waals surface area contributed by atoms with Crippen LogP contribution in [0.25, 0.3) is 0 Å². The van der Waals surface area contributed by atoms with Gasteiger partial charge in [0.2, 0.25) is 0 Å². The average Bonchev–Trinajstić information content (AvgIpc) is 2.48. The van der Waals surface area contributed by atoms with Crippen molar-refractivity contribution in [1.82, 2.24) is 0 Å². The summed E-state index contributed by atoms with van der Waals surface area (Å²) in [5.74, 6) is -1.35. The van der Waals surface area contributed by atoms with E-state index in [1.54, 1.807) is 0 Å². The number of carbonyl (C=O) groups is 3. The van der Waals surface area contributed by atoms with Crippen LogP contribution in [-0.4, -0.2) is 63.1 Å². The Morgan fingerprint density at radius 2 is 1.41 bits per heavy atom. The van der Waals surface area contributed by atoms with E-state index in [2.05, 4.69) is 12.6 Å². The standard InChI is InChI=1S/C14H24O7S/c1-11(12(2)15)14(17)21-9-7-19-5-4-18-6-8-20-13(16)3-10-22/h11,22H,3-10H2,1-2H3. The summed E-state index contributed by atoms with van der Waals surface area (Å²) in [7, 11) is 0. The van der Waals surface area contributed by atoms with Crippen LogP contribution in [0.3, 0.4) is 0 Å². The monoisotopic (exact) mass is 336 g/mol. The molecule has 22 heavy (non-hydrogen) atoms. The number of hydrogen-bond donors (Lipinski definition) is 1. The molecule has 0 bridgehead atoms. The van der Waals surface area contributed by atoms with Gasteiger partial charge in [-0.2, -0.15) is 12.6 Å². The Labute approximate surface area is 136 Å². The minimum atomic E-state index is -0.742. The van der Waals surface area contributed by atoms with Crippen molar-refractivity contribution in [3.63, 3.8) is 0 Å². The molecular weight excluding hydrogens is 312 g/mol. The number of ether oxygens (including phenoxy) is 4. The molecule has 0 saturated heterocycles. The highest BCUT2D eigenvalue weighted by molar-refractivity contribution is 7.80. The van der Waals surface area contributed by atoms with Gasteiger partial charge in [0.1, 0.15) is 24.9 Å². The third kappa shape index (κ3) is 11.5. The molecule has 128 valence electrons. The lowest BCUT2D eigenvalue weighted by molar-refractivity contribution is -0.152. The van der Waals surface area contributed by atoms with Crippen LogP contribution in [0.4, 0.5) is 0 Å². The molecule has 0 fully saturated rings. The Morgan fingerprint density at radius 3 is 1.91 bits per heavy atom. The third-order valence-electron chi connectivity index (χ3n) is 2.61. The molecule has 1 atom stereocenters. The Balaban J connectivity index is 3.32. The van der Waals surface area contributed by atoms with E-state index in [4.69, 9.17) is 18.9 Å². The van der Waals surface area contributed by atoms with Gasteiger partial charge in [0.25, 0.3) is 0 Å². The Morgan fingerprint density at radius 1 is 0.909 bits per heavy atom. The van der Waals surface area contributed by atoms with Crippen LogP contribution in [-0.2, 0) is 33.3 Å².